The van der Waals surface area contributed by atoms with Crippen LogP contribution in [0.4, 0.5) is 0 Å². The van der Waals surface area contributed by atoms with Crippen molar-refractivity contribution in [3.05, 3.63) is 102 Å². The van der Waals surface area contributed by atoms with Gasteiger partial charge in [0.2, 0.25) is 35.4 Å². The second-order valence-corrected chi connectivity index (χ2v) is 17.4. The lowest BCUT2D eigenvalue weighted by Crippen LogP contribution is -2.61. The normalized spacial score (nSPS) is 16.3. The molecule has 0 bridgehead atoms. The van der Waals surface area contributed by atoms with Crippen LogP contribution in [-0.4, -0.2) is 125 Å². The van der Waals surface area contributed by atoms with Gasteiger partial charge in [-0.05, 0) is 54.4 Å². The number of imidazole rings is 2. The molecule has 0 spiro atoms. The fourth-order valence-corrected chi connectivity index (χ4v) is 7.75. The second-order valence-electron chi connectivity index (χ2n) is 17.4. The molecule has 1 fully saturated rings. The molecule has 4 aromatic rings. The molecule has 66 heavy (non-hydrogen) atoms. The lowest BCUT2D eigenvalue weighted by molar-refractivity contribution is -0.142. The number of amides is 6. The van der Waals surface area contributed by atoms with Crippen LogP contribution in [0.5, 0.6) is 5.75 Å². The number of phenolic OH excluding ortho intramolecular Hbond substituents is 1. The summed E-state index contributed by atoms with van der Waals surface area (Å²) in [6, 6.07) is 6.73. The summed E-state index contributed by atoms with van der Waals surface area (Å²) < 4.78 is 0. The number of phenols is 1. The maximum atomic E-state index is 14.4. The van der Waals surface area contributed by atoms with E-state index in [2.05, 4.69) is 46.5 Å². The maximum absolute atomic E-state index is 14.4. The van der Waals surface area contributed by atoms with Crippen LogP contribution < -0.4 is 32.3 Å². The van der Waals surface area contributed by atoms with Gasteiger partial charge in [0.15, 0.2) is 0 Å². The highest BCUT2D eigenvalue weighted by atomic mass is 16.4. The van der Waals surface area contributed by atoms with Crippen molar-refractivity contribution in [3.8, 4) is 5.75 Å². The quantitative estimate of drug-likeness (QED) is 0.0491. The first-order valence-electron chi connectivity index (χ1n) is 22.1. The fourth-order valence-electron chi connectivity index (χ4n) is 7.75. The zero-order valence-corrected chi connectivity index (χ0v) is 37.5. The van der Waals surface area contributed by atoms with Crippen molar-refractivity contribution in [2.45, 2.75) is 115 Å². The Kier molecular flexibility index (Phi) is 17.9. The predicted molar refractivity (Wildman–Crippen MR) is 241 cm³/mol. The largest absolute Gasteiger partial charge is 0.508 e. The predicted octanol–water partition coefficient (Wildman–Crippen LogP) is 0.638. The van der Waals surface area contributed by atoms with Gasteiger partial charge in [0.25, 0.3) is 0 Å². The van der Waals surface area contributed by atoms with Crippen molar-refractivity contribution < 1.29 is 43.8 Å². The summed E-state index contributed by atoms with van der Waals surface area (Å²) in [5.74, 6) is -5.85. The molecule has 11 N–H and O–H groups in total. The smallest absolute Gasteiger partial charge is 0.326 e. The molecule has 1 aliphatic heterocycles. The highest BCUT2D eigenvalue weighted by molar-refractivity contribution is 5.97. The van der Waals surface area contributed by atoms with Crippen molar-refractivity contribution in [1.82, 2.24) is 51.4 Å². The number of aliphatic carboxylic acids is 1. The van der Waals surface area contributed by atoms with Gasteiger partial charge in [-0.25, -0.2) is 14.8 Å². The summed E-state index contributed by atoms with van der Waals surface area (Å²) in [6.45, 7) is 7.33. The molecule has 0 radical (unpaired) electrons. The van der Waals surface area contributed by atoms with Gasteiger partial charge in [0.1, 0.15) is 42.0 Å². The molecule has 2 aromatic carbocycles. The van der Waals surface area contributed by atoms with Gasteiger partial charge < -0.3 is 57.4 Å². The molecule has 354 valence electrons. The molecule has 6 amide bonds. The van der Waals surface area contributed by atoms with Crippen molar-refractivity contribution in [3.63, 3.8) is 0 Å². The number of likely N-dealkylation sites (tertiary alicyclic amines) is 1. The number of nitrogens with zero attached hydrogens (tertiary/aromatic N) is 3. The Balaban J connectivity index is 1.32. The van der Waals surface area contributed by atoms with E-state index in [1.807, 2.05) is 19.9 Å². The van der Waals surface area contributed by atoms with Gasteiger partial charge in [-0.1, -0.05) is 70.2 Å². The minimum atomic E-state index is -1.36. The third kappa shape index (κ3) is 14.5. The van der Waals surface area contributed by atoms with Crippen LogP contribution >= 0.6 is 0 Å². The average Bonchev–Trinajstić information content (AvgIpc) is 4.10. The number of carbonyl (C=O) groups excluding carboxylic acids is 6. The molecule has 0 saturated carbocycles. The Bertz CT molecular complexity index is 2240. The van der Waals surface area contributed by atoms with Crippen LogP contribution in [0.15, 0.2) is 79.6 Å². The number of nitrogens with one attached hydrogen (secondary N) is 7. The van der Waals surface area contributed by atoms with Crippen LogP contribution in [0.2, 0.25) is 0 Å². The van der Waals surface area contributed by atoms with Gasteiger partial charge in [0, 0.05) is 56.0 Å². The van der Waals surface area contributed by atoms with Crippen molar-refractivity contribution in [2.24, 2.45) is 17.6 Å². The molecule has 0 aliphatic carbocycles. The van der Waals surface area contributed by atoms with E-state index < -0.39 is 89.6 Å². The van der Waals surface area contributed by atoms with E-state index in [0.29, 0.717) is 41.9 Å². The Morgan fingerprint density at radius 3 is 1.82 bits per heavy atom. The zero-order valence-electron chi connectivity index (χ0n) is 37.5. The van der Waals surface area contributed by atoms with Crippen LogP contribution in [-0.2, 0) is 59.2 Å². The maximum Gasteiger partial charge on any atom is 0.326 e. The van der Waals surface area contributed by atoms with E-state index in [0.717, 1.165) is 0 Å². The number of rotatable bonds is 23. The SMILES string of the molecule is CC(C)CC(NC(=O)C(Cc1cnc[nH]1)NC(=O)C(Cc1ccccc1)NC(=O)C1CCCN1C(=O)C(N)Cc1cnc[nH]1)C(=O)NC(C(=O)NC(Cc1ccc(O)cc1)C(=O)O)C(C)C. The number of hydrogen-bond donors (Lipinski definition) is 10. The third-order valence-corrected chi connectivity index (χ3v) is 11.3. The third-order valence-electron chi connectivity index (χ3n) is 11.3. The minimum absolute atomic E-state index is 0.00246. The number of H-pyrrole nitrogens is 2. The number of aromatic nitrogens is 4. The van der Waals surface area contributed by atoms with Gasteiger partial charge >= 0.3 is 5.97 Å². The number of benzene rings is 2. The first-order chi connectivity index (χ1) is 31.5. The van der Waals surface area contributed by atoms with Crippen LogP contribution in [0.25, 0.3) is 0 Å². The molecular weight excluding hydrogens is 851 g/mol. The molecular formula is C46H61N11O9. The highest BCUT2D eigenvalue weighted by Crippen LogP contribution is 2.20. The summed E-state index contributed by atoms with van der Waals surface area (Å²) in [4.78, 5) is 111. The summed E-state index contributed by atoms with van der Waals surface area (Å²) in [6.07, 6.45) is 6.99. The standard InChI is InChI=1S/C46H61N11O9/c1-26(2)17-34(42(61)56-39(27(3)4)44(63)55-37(46(65)66)19-29-12-14-32(58)15-13-29)52-41(60)36(21-31-23-49-25-51-31)53-40(59)35(18-28-9-6-5-7-10-28)54-43(62)38-11-8-16-57(38)45(64)33(47)20-30-22-48-24-50-30/h5-7,9-10,12-15,22-27,33-39,58H,8,11,16-21,47H2,1-4H3,(H,48,50)(H,49,51)(H,52,60)(H,53,59)(H,54,62)(H,55,63)(H,56,61)(H,65,66). The first-order valence-corrected chi connectivity index (χ1v) is 22.1. The number of carboxylic acid groups (broad SMARTS) is 1. The summed E-state index contributed by atoms with van der Waals surface area (Å²) in [7, 11) is 0. The number of carboxylic acids is 1. The molecule has 20 nitrogen and oxygen atoms in total. The van der Waals surface area contributed by atoms with Crippen molar-refractivity contribution in [1.29, 1.82) is 0 Å². The summed E-state index contributed by atoms with van der Waals surface area (Å²) in [5.41, 5.74) is 8.68. The average molecular weight is 912 g/mol. The van der Waals surface area contributed by atoms with Crippen LogP contribution in [0, 0.1) is 11.8 Å². The Morgan fingerprint density at radius 1 is 0.697 bits per heavy atom. The molecule has 2 aromatic heterocycles. The molecule has 20 heteroatoms. The molecule has 7 unspecified atom stereocenters. The van der Waals surface area contributed by atoms with E-state index in [1.165, 1.54) is 48.0 Å². The first kappa shape index (κ1) is 49.9. The van der Waals surface area contributed by atoms with Crippen molar-refractivity contribution in [2.75, 3.05) is 6.54 Å². The van der Waals surface area contributed by atoms with E-state index in [9.17, 15) is 43.8 Å². The van der Waals surface area contributed by atoms with Gasteiger partial charge in [-0.2, -0.15) is 0 Å². The van der Waals surface area contributed by atoms with Crippen LogP contribution in [0.3, 0.4) is 0 Å². The van der Waals surface area contributed by atoms with E-state index in [-0.39, 0.29) is 43.8 Å². The molecule has 1 aliphatic rings. The van der Waals surface area contributed by atoms with Gasteiger partial charge in [0.05, 0.1) is 18.7 Å². The van der Waals surface area contributed by atoms with E-state index in [1.54, 1.807) is 44.3 Å². The Hall–Kier alpha value is -7.09. The Labute approximate surface area is 382 Å². The summed E-state index contributed by atoms with van der Waals surface area (Å²) >= 11 is 0. The fraction of sp³-hybridized carbons (Fsp3) is 0.457. The number of nitrogens with two attached hydrogens (primary N) is 1. The second kappa shape index (κ2) is 23.7. The number of hydrogen-bond acceptors (Lipinski definition) is 11. The van der Waals surface area contributed by atoms with E-state index in [4.69, 9.17) is 5.73 Å². The minimum Gasteiger partial charge on any atom is -0.508 e. The zero-order chi connectivity index (χ0) is 47.9. The monoisotopic (exact) mass is 911 g/mol. The topological polar surface area (TPSA) is 307 Å². The molecule has 5 rings (SSSR count). The highest BCUT2D eigenvalue weighted by Gasteiger charge is 2.39. The van der Waals surface area contributed by atoms with Gasteiger partial charge in [-0.3, -0.25) is 28.8 Å². The van der Waals surface area contributed by atoms with E-state index >= 15 is 0 Å². The van der Waals surface area contributed by atoms with Crippen LogP contribution in [0.1, 0.15) is 69.5 Å². The van der Waals surface area contributed by atoms with Crippen molar-refractivity contribution >= 4 is 41.4 Å². The molecule has 7 atom stereocenters. The number of aromatic hydroxyl groups is 1. The molecule has 1 saturated heterocycles. The lowest BCUT2D eigenvalue weighted by atomic mass is 9.98. The Morgan fingerprint density at radius 2 is 1.24 bits per heavy atom. The number of aromatic amines is 2. The summed E-state index contributed by atoms with van der Waals surface area (Å²) in [5, 5.41) is 33.2. The number of carbonyl (C=O) groups is 7. The van der Waals surface area contributed by atoms with Gasteiger partial charge in [-0.15, -0.1) is 0 Å². The lowest BCUT2D eigenvalue weighted by Gasteiger charge is -2.30. The molecule has 3 heterocycles.